The van der Waals surface area contributed by atoms with E-state index >= 15 is 0 Å². The zero-order chi connectivity index (χ0) is 17.1. The van der Waals surface area contributed by atoms with Gasteiger partial charge < -0.3 is 5.32 Å². The smallest absolute Gasteiger partial charge is 0.257 e. The predicted molar refractivity (Wildman–Crippen MR) is 94.6 cm³/mol. The van der Waals surface area contributed by atoms with E-state index in [4.69, 9.17) is 0 Å². The Balaban J connectivity index is 1.75. The van der Waals surface area contributed by atoms with Crippen molar-refractivity contribution in [2.45, 2.75) is 13.5 Å². The summed E-state index contributed by atoms with van der Waals surface area (Å²) >= 11 is 3.40. The quantitative estimate of drug-likeness (QED) is 0.721. The van der Waals surface area contributed by atoms with Crippen LogP contribution in [-0.4, -0.2) is 15.7 Å². The second-order valence-corrected chi connectivity index (χ2v) is 6.27. The first-order chi connectivity index (χ1) is 11.5. The molecule has 0 radical (unpaired) electrons. The summed E-state index contributed by atoms with van der Waals surface area (Å²) in [6.45, 7) is 2.37. The Hall–Kier alpha value is -2.47. The molecule has 2 aromatic carbocycles. The average Bonchev–Trinajstić information content (AvgIpc) is 2.89. The molecule has 1 heterocycles. The summed E-state index contributed by atoms with van der Waals surface area (Å²) in [5, 5.41) is 7.17. The highest BCUT2D eigenvalue weighted by Gasteiger charge is 2.13. The van der Waals surface area contributed by atoms with Crippen LogP contribution >= 0.6 is 15.9 Å². The molecule has 3 aromatic rings. The van der Waals surface area contributed by atoms with Gasteiger partial charge >= 0.3 is 0 Å². The standard InChI is InChI=1S/C18H15BrFN3O/c1-12-4-2-3-5-15(12)18(24)21-17-16(19)11-23(22-17)10-13-6-8-14(20)9-7-13/h2-9,11H,10H2,1H3,(H,21,22,24). The van der Waals surface area contributed by atoms with E-state index in [1.165, 1.54) is 12.1 Å². The maximum absolute atomic E-state index is 13.0. The minimum absolute atomic E-state index is 0.208. The van der Waals surface area contributed by atoms with Crippen LogP contribution in [0.2, 0.25) is 0 Å². The number of halogens is 2. The van der Waals surface area contributed by atoms with Gasteiger partial charge in [0.25, 0.3) is 5.91 Å². The fourth-order valence-corrected chi connectivity index (χ4v) is 2.76. The Labute approximate surface area is 147 Å². The van der Waals surface area contributed by atoms with Crippen molar-refractivity contribution in [3.63, 3.8) is 0 Å². The molecular formula is C18H15BrFN3O. The summed E-state index contributed by atoms with van der Waals surface area (Å²) in [7, 11) is 0. The van der Waals surface area contributed by atoms with Gasteiger partial charge in [-0.3, -0.25) is 9.48 Å². The summed E-state index contributed by atoms with van der Waals surface area (Å²) in [5.41, 5.74) is 2.43. The minimum atomic E-state index is -0.272. The Morgan fingerprint density at radius 3 is 2.62 bits per heavy atom. The van der Waals surface area contributed by atoms with Crippen molar-refractivity contribution >= 4 is 27.7 Å². The topological polar surface area (TPSA) is 46.9 Å². The SMILES string of the molecule is Cc1ccccc1C(=O)Nc1nn(Cc2ccc(F)cc2)cc1Br. The van der Waals surface area contributed by atoms with E-state index in [9.17, 15) is 9.18 Å². The molecule has 1 amide bonds. The Morgan fingerprint density at radius 2 is 1.92 bits per heavy atom. The van der Waals surface area contributed by atoms with Crippen LogP contribution < -0.4 is 5.32 Å². The average molecular weight is 388 g/mol. The number of amides is 1. The molecule has 0 aliphatic rings. The van der Waals surface area contributed by atoms with Gasteiger partial charge in [-0.2, -0.15) is 5.10 Å². The highest BCUT2D eigenvalue weighted by atomic mass is 79.9. The third kappa shape index (κ3) is 3.71. The minimum Gasteiger partial charge on any atom is -0.304 e. The molecule has 0 unspecified atom stereocenters. The molecule has 0 aliphatic carbocycles. The summed E-state index contributed by atoms with van der Waals surface area (Å²) in [4.78, 5) is 12.4. The van der Waals surface area contributed by atoms with E-state index in [-0.39, 0.29) is 11.7 Å². The third-order valence-electron chi connectivity index (χ3n) is 3.60. The zero-order valence-corrected chi connectivity index (χ0v) is 14.5. The van der Waals surface area contributed by atoms with Gasteiger partial charge in [-0.25, -0.2) is 4.39 Å². The summed E-state index contributed by atoms with van der Waals surface area (Å²) in [6, 6.07) is 13.6. The van der Waals surface area contributed by atoms with E-state index in [1.54, 1.807) is 29.1 Å². The van der Waals surface area contributed by atoms with Crippen LogP contribution in [0.5, 0.6) is 0 Å². The maximum Gasteiger partial charge on any atom is 0.257 e. The van der Waals surface area contributed by atoms with Crippen LogP contribution in [0, 0.1) is 12.7 Å². The van der Waals surface area contributed by atoms with Crippen molar-refractivity contribution in [2.75, 3.05) is 5.32 Å². The largest absolute Gasteiger partial charge is 0.304 e. The molecule has 0 bridgehead atoms. The van der Waals surface area contributed by atoms with Gasteiger partial charge in [-0.15, -0.1) is 0 Å². The fraction of sp³-hybridized carbons (Fsp3) is 0.111. The van der Waals surface area contributed by atoms with Gasteiger partial charge in [-0.1, -0.05) is 30.3 Å². The maximum atomic E-state index is 13.0. The van der Waals surface area contributed by atoms with Gasteiger partial charge in [0.05, 0.1) is 11.0 Å². The number of carbonyl (C=O) groups excluding carboxylic acids is 1. The van der Waals surface area contributed by atoms with Gasteiger partial charge in [0, 0.05) is 11.8 Å². The first-order valence-corrected chi connectivity index (χ1v) is 8.16. The number of hydrogen-bond acceptors (Lipinski definition) is 2. The molecule has 0 fully saturated rings. The lowest BCUT2D eigenvalue weighted by Crippen LogP contribution is -2.14. The van der Waals surface area contributed by atoms with Crippen molar-refractivity contribution in [1.82, 2.24) is 9.78 Å². The normalized spacial score (nSPS) is 10.6. The molecule has 1 aromatic heterocycles. The van der Waals surface area contributed by atoms with Crippen LogP contribution in [0.4, 0.5) is 10.2 Å². The van der Waals surface area contributed by atoms with E-state index < -0.39 is 0 Å². The molecule has 122 valence electrons. The lowest BCUT2D eigenvalue weighted by molar-refractivity contribution is 0.102. The van der Waals surface area contributed by atoms with Gasteiger partial charge in [0.2, 0.25) is 0 Å². The molecule has 1 N–H and O–H groups in total. The van der Waals surface area contributed by atoms with Crippen LogP contribution in [-0.2, 0) is 6.54 Å². The number of nitrogens with zero attached hydrogens (tertiary/aromatic N) is 2. The van der Waals surface area contributed by atoms with Crippen molar-refractivity contribution in [2.24, 2.45) is 0 Å². The highest BCUT2D eigenvalue weighted by molar-refractivity contribution is 9.10. The number of anilines is 1. The first kappa shape index (κ1) is 16.4. The van der Waals surface area contributed by atoms with Crippen molar-refractivity contribution in [3.8, 4) is 0 Å². The van der Waals surface area contributed by atoms with Gasteiger partial charge in [-0.05, 0) is 52.2 Å². The van der Waals surface area contributed by atoms with E-state index in [0.29, 0.717) is 22.4 Å². The van der Waals surface area contributed by atoms with Crippen molar-refractivity contribution in [3.05, 3.63) is 81.7 Å². The Morgan fingerprint density at radius 1 is 1.21 bits per heavy atom. The van der Waals surface area contributed by atoms with Crippen LogP contribution in [0.3, 0.4) is 0 Å². The second-order valence-electron chi connectivity index (χ2n) is 5.42. The molecule has 6 heteroatoms. The molecule has 24 heavy (non-hydrogen) atoms. The summed E-state index contributed by atoms with van der Waals surface area (Å²) in [5.74, 6) is -0.0298. The molecular weight excluding hydrogens is 373 g/mol. The zero-order valence-electron chi connectivity index (χ0n) is 13.0. The summed E-state index contributed by atoms with van der Waals surface area (Å²) < 4.78 is 15.3. The Kier molecular flexibility index (Phi) is 4.76. The van der Waals surface area contributed by atoms with Crippen LogP contribution in [0.15, 0.2) is 59.2 Å². The van der Waals surface area contributed by atoms with Gasteiger partial charge in [0.1, 0.15) is 5.82 Å². The monoisotopic (exact) mass is 387 g/mol. The lowest BCUT2D eigenvalue weighted by atomic mass is 10.1. The van der Waals surface area contributed by atoms with E-state index in [2.05, 4.69) is 26.3 Å². The van der Waals surface area contributed by atoms with Crippen LogP contribution in [0.25, 0.3) is 0 Å². The lowest BCUT2D eigenvalue weighted by Gasteiger charge is -2.05. The highest BCUT2D eigenvalue weighted by Crippen LogP contribution is 2.22. The number of rotatable bonds is 4. The Bertz CT molecular complexity index is 874. The molecule has 0 spiro atoms. The molecule has 0 atom stereocenters. The number of aromatic nitrogens is 2. The fourth-order valence-electron chi connectivity index (χ4n) is 2.34. The second kappa shape index (κ2) is 6.97. The van der Waals surface area contributed by atoms with E-state index in [0.717, 1.165) is 11.1 Å². The first-order valence-electron chi connectivity index (χ1n) is 7.37. The number of aryl methyl sites for hydroxylation is 1. The number of hydrogen-bond donors (Lipinski definition) is 1. The third-order valence-corrected chi connectivity index (χ3v) is 4.18. The molecule has 0 saturated carbocycles. The van der Waals surface area contributed by atoms with Gasteiger partial charge in [0.15, 0.2) is 5.82 Å². The predicted octanol–water partition coefficient (Wildman–Crippen LogP) is 4.39. The summed E-state index contributed by atoms with van der Waals surface area (Å²) in [6.07, 6.45) is 1.77. The number of benzene rings is 2. The van der Waals surface area contributed by atoms with Crippen LogP contribution in [0.1, 0.15) is 21.5 Å². The van der Waals surface area contributed by atoms with E-state index in [1.807, 2.05) is 25.1 Å². The van der Waals surface area contributed by atoms with Crippen molar-refractivity contribution < 1.29 is 9.18 Å². The molecule has 0 aliphatic heterocycles. The number of carbonyl (C=O) groups is 1. The number of nitrogens with one attached hydrogen (secondary N) is 1. The molecule has 4 nitrogen and oxygen atoms in total. The van der Waals surface area contributed by atoms with Crippen molar-refractivity contribution in [1.29, 1.82) is 0 Å². The molecule has 3 rings (SSSR count). The molecule has 0 saturated heterocycles.